The van der Waals surface area contributed by atoms with Crippen LogP contribution in [0.15, 0.2) is 0 Å². The van der Waals surface area contributed by atoms with E-state index in [1.54, 1.807) is 8.61 Å². The molecule has 0 aromatic carbocycles. The quantitative estimate of drug-likeness (QED) is 0.557. The molecule has 4 saturated heterocycles. The Balaban J connectivity index is 1.15. The Labute approximate surface area is 192 Å². The Kier molecular flexibility index (Phi) is 8.10. The van der Waals surface area contributed by atoms with E-state index in [4.69, 9.17) is 9.47 Å². The number of nitrogens with one attached hydrogen (secondary N) is 1. The second kappa shape index (κ2) is 10.7. The van der Waals surface area contributed by atoms with Crippen molar-refractivity contribution in [2.24, 2.45) is 11.8 Å². The lowest BCUT2D eigenvalue weighted by Gasteiger charge is -2.40. The first kappa shape index (κ1) is 24.3. The van der Waals surface area contributed by atoms with Crippen LogP contribution in [0.3, 0.4) is 0 Å². The molecule has 0 radical (unpaired) electrons. The standard InChI is InChI=1S/C22H40N4O5S/c1-19-4-2-10-24(18-19)11-3-9-23-21(27)20-5-12-25(13-6-20)32(28,29)26-14-7-22(8-15-26)30-16-17-31-22/h19-20H,2-18H2,1H3,(H,23,27)/t19-/m1/s1. The molecule has 1 N–H and O–H groups in total. The fourth-order valence-corrected chi connectivity index (χ4v) is 7.15. The number of carbonyl (C=O) groups excluding carboxylic acids is 1. The van der Waals surface area contributed by atoms with E-state index in [9.17, 15) is 13.2 Å². The van der Waals surface area contributed by atoms with E-state index in [-0.39, 0.29) is 11.8 Å². The van der Waals surface area contributed by atoms with Gasteiger partial charge >= 0.3 is 0 Å². The fraction of sp³-hybridized carbons (Fsp3) is 0.955. The molecule has 1 atom stereocenters. The molecule has 0 saturated carbocycles. The molecule has 0 unspecified atom stereocenters. The number of hydrogen-bond donors (Lipinski definition) is 1. The van der Waals surface area contributed by atoms with E-state index in [0.29, 0.717) is 71.6 Å². The van der Waals surface area contributed by atoms with Crippen LogP contribution >= 0.6 is 0 Å². The molecule has 184 valence electrons. The Bertz CT molecular complexity index is 725. The summed E-state index contributed by atoms with van der Waals surface area (Å²) in [4.78, 5) is 15.1. The maximum absolute atomic E-state index is 13.1. The molecule has 4 aliphatic heterocycles. The maximum Gasteiger partial charge on any atom is 0.281 e. The van der Waals surface area contributed by atoms with Crippen LogP contribution in [0.1, 0.15) is 51.9 Å². The van der Waals surface area contributed by atoms with Gasteiger partial charge in [-0.05, 0) is 51.1 Å². The van der Waals surface area contributed by atoms with Crippen molar-refractivity contribution < 1.29 is 22.7 Å². The zero-order chi connectivity index (χ0) is 22.6. The zero-order valence-electron chi connectivity index (χ0n) is 19.5. The van der Waals surface area contributed by atoms with Gasteiger partial charge in [-0.1, -0.05) is 6.92 Å². The summed E-state index contributed by atoms with van der Waals surface area (Å²) >= 11 is 0. The SMILES string of the molecule is C[C@@H]1CCCN(CCCNC(=O)C2CCN(S(=O)(=O)N3CCC4(CC3)OCCO4)CC2)C1. The van der Waals surface area contributed by atoms with Crippen molar-refractivity contribution in [2.75, 3.05) is 65.6 Å². The monoisotopic (exact) mass is 472 g/mol. The normalized spacial score (nSPS) is 28.8. The highest BCUT2D eigenvalue weighted by molar-refractivity contribution is 7.86. The lowest BCUT2D eigenvalue weighted by Crippen LogP contribution is -2.53. The molecule has 4 heterocycles. The van der Waals surface area contributed by atoms with Crippen LogP contribution in [0.25, 0.3) is 0 Å². The highest BCUT2D eigenvalue weighted by Gasteiger charge is 2.44. The van der Waals surface area contributed by atoms with E-state index >= 15 is 0 Å². The molecule has 32 heavy (non-hydrogen) atoms. The number of hydrogen-bond acceptors (Lipinski definition) is 6. The minimum Gasteiger partial charge on any atom is -0.356 e. The average molecular weight is 473 g/mol. The molecule has 4 fully saturated rings. The Morgan fingerprint density at radius 2 is 1.66 bits per heavy atom. The van der Waals surface area contributed by atoms with Crippen molar-refractivity contribution in [2.45, 2.75) is 57.7 Å². The maximum atomic E-state index is 13.1. The summed E-state index contributed by atoms with van der Waals surface area (Å²) in [7, 11) is -3.50. The van der Waals surface area contributed by atoms with Crippen molar-refractivity contribution in [3.8, 4) is 0 Å². The second-order valence-electron chi connectivity index (χ2n) is 9.88. The van der Waals surface area contributed by atoms with Gasteiger partial charge in [-0.15, -0.1) is 0 Å². The van der Waals surface area contributed by atoms with E-state index < -0.39 is 16.0 Å². The first-order valence-electron chi connectivity index (χ1n) is 12.4. The molecule has 0 aromatic rings. The number of likely N-dealkylation sites (tertiary alicyclic amines) is 1. The van der Waals surface area contributed by atoms with Gasteiger partial charge in [0.15, 0.2) is 5.79 Å². The van der Waals surface area contributed by atoms with Crippen molar-refractivity contribution in [1.82, 2.24) is 18.8 Å². The van der Waals surface area contributed by atoms with Gasteiger partial charge in [-0.25, -0.2) is 0 Å². The summed E-state index contributed by atoms with van der Waals surface area (Å²) < 4.78 is 40.6. The van der Waals surface area contributed by atoms with Crippen molar-refractivity contribution in [3.63, 3.8) is 0 Å². The molecule has 4 aliphatic rings. The average Bonchev–Trinajstić information content (AvgIpc) is 3.25. The first-order chi connectivity index (χ1) is 15.4. The van der Waals surface area contributed by atoms with Gasteiger partial charge in [0.25, 0.3) is 10.2 Å². The number of amides is 1. The first-order valence-corrected chi connectivity index (χ1v) is 13.8. The molecule has 0 bridgehead atoms. The summed E-state index contributed by atoms with van der Waals surface area (Å²) in [5.74, 6) is 0.171. The lowest BCUT2D eigenvalue weighted by atomic mass is 9.97. The van der Waals surface area contributed by atoms with Gasteiger partial charge in [-0.3, -0.25) is 4.79 Å². The summed E-state index contributed by atoms with van der Waals surface area (Å²) in [5, 5.41) is 3.08. The minimum atomic E-state index is -3.50. The fourth-order valence-electron chi connectivity index (χ4n) is 5.50. The van der Waals surface area contributed by atoms with Crippen LogP contribution in [0.2, 0.25) is 0 Å². The third kappa shape index (κ3) is 5.82. The predicted molar refractivity (Wildman–Crippen MR) is 121 cm³/mol. The Morgan fingerprint density at radius 1 is 1.00 bits per heavy atom. The summed E-state index contributed by atoms with van der Waals surface area (Å²) in [6.45, 7) is 9.18. The van der Waals surface area contributed by atoms with E-state index in [0.717, 1.165) is 18.9 Å². The topological polar surface area (TPSA) is 91.4 Å². The molecule has 1 amide bonds. The Morgan fingerprint density at radius 3 is 2.31 bits per heavy atom. The van der Waals surface area contributed by atoms with Crippen LogP contribution < -0.4 is 5.32 Å². The molecule has 10 heteroatoms. The number of carbonyl (C=O) groups is 1. The van der Waals surface area contributed by atoms with Gasteiger partial charge in [0, 0.05) is 58.0 Å². The number of nitrogens with zero attached hydrogens (tertiary/aromatic N) is 3. The van der Waals surface area contributed by atoms with E-state index in [1.807, 2.05) is 0 Å². The molecule has 4 rings (SSSR count). The van der Waals surface area contributed by atoms with Crippen LogP contribution in [-0.2, 0) is 24.5 Å². The van der Waals surface area contributed by atoms with Crippen molar-refractivity contribution in [1.29, 1.82) is 0 Å². The molecule has 0 aromatic heterocycles. The highest BCUT2D eigenvalue weighted by atomic mass is 32.2. The third-order valence-corrected chi connectivity index (χ3v) is 9.50. The smallest absolute Gasteiger partial charge is 0.281 e. The summed E-state index contributed by atoms with van der Waals surface area (Å²) in [6, 6.07) is 0. The van der Waals surface area contributed by atoms with Gasteiger partial charge < -0.3 is 19.7 Å². The number of ether oxygens (including phenoxy) is 2. The van der Waals surface area contributed by atoms with Gasteiger partial charge in [0.05, 0.1) is 13.2 Å². The van der Waals surface area contributed by atoms with Crippen LogP contribution in [-0.4, -0.2) is 99.2 Å². The lowest BCUT2D eigenvalue weighted by molar-refractivity contribution is -0.179. The second-order valence-corrected chi connectivity index (χ2v) is 11.8. The van der Waals surface area contributed by atoms with E-state index in [2.05, 4.69) is 17.1 Å². The van der Waals surface area contributed by atoms with Gasteiger partial charge in [0.1, 0.15) is 0 Å². The van der Waals surface area contributed by atoms with E-state index in [1.165, 1.54) is 25.9 Å². The molecule has 0 aliphatic carbocycles. The van der Waals surface area contributed by atoms with Crippen LogP contribution in [0, 0.1) is 11.8 Å². The predicted octanol–water partition coefficient (Wildman–Crippen LogP) is 1.02. The highest BCUT2D eigenvalue weighted by Crippen LogP contribution is 2.33. The molecule has 1 spiro atoms. The van der Waals surface area contributed by atoms with Gasteiger partial charge in [-0.2, -0.15) is 17.0 Å². The van der Waals surface area contributed by atoms with Crippen molar-refractivity contribution >= 4 is 16.1 Å². The minimum absolute atomic E-state index is 0.0736. The van der Waals surface area contributed by atoms with Gasteiger partial charge in [0.2, 0.25) is 5.91 Å². The zero-order valence-corrected chi connectivity index (χ0v) is 20.3. The third-order valence-electron chi connectivity index (χ3n) is 7.47. The summed E-state index contributed by atoms with van der Waals surface area (Å²) in [5.41, 5.74) is 0. The molecular formula is C22H40N4O5S. The molecule has 9 nitrogen and oxygen atoms in total. The van der Waals surface area contributed by atoms with Crippen molar-refractivity contribution in [3.05, 3.63) is 0 Å². The Hall–Kier alpha value is -0.780. The van der Waals surface area contributed by atoms with Crippen LogP contribution in [0.5, 0.6) is 0 Å². The largest absolute Gasteiger partial charge is 0.356 e. The molecular weight excluding hydrogens is 432 g/mol. The number of piperidine rings is 3. The summed E-state index contributed by atoms with van der Waals surface area (Å²) in [6.07, 6.45) is 5.87. The number of rotatable bonds is 7. The van der Waals surface area contributed by atoms with Crippen LogP contribution in [0.4, 0.5) is 0 Å².